The molecule has 5 aromatic carbocycles. The zero-order valence-electron chi connectivity index (χ0n) is 55.0. The second-order valence-electron chi connectivity index (χ2n) is 24.0. The summed E-state index contributed by atoms with van der Waals surface area (Å²) in [5.41, 5.74) is 6.85. The largest absolute Gasteiger partial charge is 0.497 e. The Hall–Kier alpha value is -9.23. The maximum absolute atomic E-state index is 12.6. The smallest absolute Gasteiger partial charge is 0.387 e. The number of carboxylic acids is 1. The fourth-order valence-corrected chi connectivity index (χ4v) is 12.9. The molecule has 3 saturated carbocycles. The molecule has 0 radical (unpaired) electrons. The molecule has 3 aliphatic rings. The molecule has 5 heterocycles. The van der Waals surface area contributed by atoms with Crippen molar-refractivity contribution in [2.75, 3.05) is 26.1 Å². The number of carbonyl (C=O) groups is 2. The lowest BCUT2D eigenvalue weighted by molar-refractivity contribution is -0.143. The third-order valence-electron chi connectivity index (χ3n) is 17.5. The standard InChI is InChI=1S/C21H15Cl2N3O.C20H25NO4.C17H14Cl2F2N2O3.C17H16ClN3O/c1-27-14-7-8-15-16(9-14)21(13-5-3-2-4-6-13)26-25-20(15)10-17-18(22)11-24-12-19(17)23;1-24-17-7-6-15(12-18(17)25-16-4-2-3-5-16)20(13-21)10-8-14(9-11-20)19(22)23;18-11-6-22-7-12(19)15(11)23-16(24)10-3-4-13(26-17(20)21)14(5-10)25-8-9-1-2-9;1-3-13-8-9-14-15(11-6-5-7-12(18)10-11)20-17(22)21(4-2)16(14)19-13/h2-9,11-12H,10H2,1H3;6-7,12,14,16H,2-5,8-11H2,1H3,(H,22,23);3-7,9,17H,1-2,8H2,(H,22,23,24);5-10H,3-4H2,1-2H3. The second kappa shape index (κ2) is 34.2. The number of carboxylic acid groups (broad SMARTS) is 1. The highest BCUT2D eigenvalue weighted by atomic mass is 35.5. The number of benzene rings is 5. The number of methoxy groups -OCH3 is 2. The van der Waals surface area contributed by atoms with Gasteiger partial charge in [0.1, 0.15) is 17.1 Å². The highest BCUT2D eigenvalue weighted by Crippen LogP contribution is 2.45. The van der Waals surface area contributed by atoms with E-state index >= 15 is 0 Å². The van der Waals surface area contributed by atoms with Crippen molar-refractivity contribution in [3.63, 3.8) is 0 Å². The van der Waals surface area contributed by atoms with Gasteiger partial charge in [0.15, 0.2) is 23.0 Å². The Kier molecular flexibility index (Phi) is 25.1. The van der Waals surface area contributed by atoms with Gasteiger partial charge in [-0.25, -0.2) is 9.78 Å². The van der Waals surface area contributed by atoms with Crippen LogP contribution in [0.25, 0.3) is 44.3 Å². The Labute approximate surface area is 601 Å². The Bertz CT molecular complexity index is 4630. The number of aromatic nitrogens is 7. The zero-order valence-corrected chi connectivity index (χ0v) is 58.8. The normalized spacial score (nSPS) is 15.6. The van der Waals surface area contributed by atoms with Crippen LogP contribution in [-0.4, -0.2) is 85.2 Å². The molecule has 0 saturated heterocycles. The summed E-state index contributed by atoms with van der Waals surface area (Å²) in [6.45, 7) is 1.89. The highest BCUT2D eigenvalue weighted by molar-refractivity contribution is 6.40. The number of hydrogen-bond acceptors (Lipinski definition) is 15. The zero-order chi connectivity index (χ0) is 71.0. The monoisotopic (exact) mass is 1450 g/mol. The van der Waals surface area contributed by atoms with Gasteiger partial charge in [0.25, 0.3) is 5.91 Å². The predicted molar refractivity (Wildman–Crippen MR) is 384 cm³/mol. The number of anilines is 1. The first-order valence-electron chi connectivity index (χ1n) is 32.5. The lowest BCUT2D eigenvalue weighted by Gasteiger charge is -2.34. The van der Waals surface area contributed by atoms with E-state index in [4.69, 9.17) is 77.0 Å². The third kappa shape index (κ3) is 18.2. The maximum atomic E-state index is 12.6. The summed E-state index contributed by atoms with van der Waals surface area (Å²) in [6.07, 6.45) is 16.1. The Morgan fingerprint density at radius 3 is 2.01 bits per heavy atom. The molecule has 2 N–H and O–H groups in total. The quantitative estimate of drug-likeness (QED) is 0.0765. The maximum Gasteiger partial charge on any atom is 0.387 e. The van der Waals surface area contributed by atoms with Crippen LogP contribution in [0.15, 0.2) is 151 Å². The molecule has 13 rings (SSSR count). The van der Waals surface area contributed by atoms with E-state index in [0.717, 1.165) is 93.3 Å². The van der Waals surface area contributed by atoms with Crippen LogP contribution in [0, 0.1) is 23.2 Å². The van der Waals surface area contributed by atoms with Crippen LogP contribution in [0.1, 0.15) is 111 Å². The van der Waals surface area contributed by atoms with Gasteiger partial charge in [0.2, 0.25) is 0 Å². The summed E-state index contributed by atoms with van der Waals surface area (Å²) in [5.74, 6) is 0.874. The van der Waals surface area contributed by atoms with E-state index in [-0.39, 0.29) is 50.5 Å². The van der Waals surface area contributed by atoms with Crippen LogP contribution in [0.5, 0.6) is 28.7 Å². The molecule has 10 aromatic rings. The SMILES string of the molecule is CCc1ccc2c(-c3cccc(Cl)c3)nc(=O)n(CC)c2n1.COc1ccc(C2(C#N)CCC(C(=O)O)CC2)cc1OC1CCCC1.COc1ccc2c(Cc3c(Cl)cncc3Cl)nnc(-c3ccccc3)c2c1.O=C(Nc1c(Cl)cncc1Cl)c1ccc(OC(F)F)c(OCC2CC2)c1. The van der Waals surface area contributed by atoms with Gasteiger partial charge in [0.05, 0.1) is 81.5 Å². The van der Waals surface area contributed by atoms with Crippen molar-refractivity contribution in [3.05, 3.63) is 210 Å². The first kappa shape index (κ1) is 73.5. The average Bonchev–Trinajstić information content (AvgIpc) is 0.847. The van der Waals surface area contributed by atoms with Gasteiger partial charge in [-0.2, -0.15) is 24.1 Å². The number of nitrogens with one attached hydrogen (secondary N) is 1. The number of halogens is 7. The van der Waals surface area contributed by atoms with Crippen LogP contribution < -0.4 is 34.7 Å². The number of rotatable bonds is 19. The van der Waals surface area contributed by atoms with Crippen LogP contribution in [0.2, 0.25) is 25.1 Å². The molecule has 3 aliphatic carbocycles. The number of pyridine rings is 3. The predicted octanol–water partition coefficient (Wildman–Crippen LogP) is 18.4. The highest BCUT2D eigenvalue weighted by Gasteiger charge is 2.40. The molecule has 18 nitrogen and oxygen atoms in total. The Morgan fingerprint density at radius 1 is 0.700 bits per heavy atom. The van der Waals surface area contributed by atoms with Crippen molar-refractivity contribution in [1.82, 2.24) is 34.7 Å². The van der Waals surface area contributed by atoms with E-state index < -0.39 is 23.9 Å². The molecule has 1 amide bonds. The van der Waals surface area contributed by atoms with Crippen molar-refractivity contribution in [3.8, 4) is 57.3 Å². The number of nitriles is 1. The number of nitrogens with zero attached hydrogens (tertiary/aromatic N) is 8. The second-order valence-corrected chi connectivity index (χ2v) is 26.0. The fourth-order valence-electron chi connectivity index (χ4n) is 11.8. The van der Waals surface area contributed by atoms with Gasteiger partial charge < -0.3 is 34.1 Å². The van der Waals surface area contributed by atoms with E-state index in [9.17, 15) is 33.5 Å². The average molecular weight is 1460 g/mol. The number of aliphatic carboxylic acids is 1. The van der Waals surface area contributed by atoms with Gasteiger partial charge in [-0.3, -0.25) is 24.1 Å². The summed E-state index contributed by atoms with van der Waals surface area (Å²) in [4.78, 5) is 52.7. The molecule has 0 spiro atoms. The van der Waals surface area contributed by atoms with E-state index in [0.29, 0.717) is 89.1 Å². The summed E-state index contributed by atoms with van der Waals surface area (Å²) >= 11 is 30.6. The van der Waals surface area contributed by atoms with Crippen LogP contribution in [0.4, 0.5) is 14.5 Å². The number of fused-ring (bicyclic) bond motifs is 2. The molecule has 0 atom stereocenters. The van der Waals surface area contributed by atoms with Crippen molar-refractivity contribution in [2.24, 2.45) is 11.8 Å². The minimum Gasteiger partial charge on any atom is -0.497 e. The number of ether oxygens (including phenoxy) is 5. The number of amides is 1. The fraction of sp³-hybridized carbons (Fsp3) is 0.307. The van der Waals surface area contributed by atoms with E-state index in [2.05, 4.69) is 46.3 Å². The summed E-state index contributed by atoms with van der Waals surface area (Å²) in [7, 11) is 3.27. The summed E-state index contributed by atoms with van der Waals surface area (Å²) in [6, 6.07) is 39.3. The Morgan fingerprint density at radius 2 is 1.38 bits per heavy atom. The lowest BCUT2D eigenvalue weighted by Crippen LogP contribution is -2.33. The molecular formula is C75H70Cl5F2N9O9. The summed E-state index contributed by atoms with van der Waals surface area (Å²) in [5, 5.41) is 35.4. The molecule has 518 valence electrons. The van der Waals surface area contributed by atoms with Crippen LogP contribution in [-0.2, 0) is 29.6 Å². The van der Waals surface area contributed by atoms with E-state index in [1.54, 1.807) is 37.2 Å². The van der Waals surface area contributed by atoms with E-state index in [1.165, 1.54) is 43.4 Å². The number of carbonyl (C=O) groups excluding carboxylic acids is 1. The minimum atomic E-state index is -2.99. The molecule has 0 aliphatic heterocycles. The topological polar surface area (TPSA) is 236 Å². The Balaban J connectivity index is 0.000000144. The van der Waals surface area contributed by atoms with E-state index in [1.807, 2.05) is 111 Å². The van der Waals surface area contributed by atoms with Crippen molar-refractivity contribution < 1.29 is 47.2 Å². The molecule has 3 fully saturated rings. The van der Waals surface area contributed by atoms with Crippen molar-refractivity contribution in [1.29, 1.82) is 5.26 Å². The summed E-state index contributed by atoms with van der Waals surface area (Å²) < 4.78 is 53.7. The van der Waals surface area contributed by atoms with Gasteiger partial charge in [-0.15, -0.1) is 5.10 Å². The number of aryl methyl sites for hydroxylation is 2. The molecule has 100 heavy (non-hydrogen) atoms. The van der Waals surface area contributed by atoms with Crippen molar-refractivity contribution >= 4 is 97.4 Å². The van der Waals surface area contributed by atoms with Gasteiger partial charge in [-0.1, -0.05) is 113 Å². The van der Waals surface area contributed by atoms with Crippen LogP contribution >= 0.6 is 58.0 Å². The molecule has 0 bridgehead atoms. The minimum absolute atomic E-state index is 0.0803. The molecule has 0 unspecified atom stereocenters. The van der Waals surface area contributed by atoms with Crippen molar-refractivity contribution in [2.45, 2.75) is 116 Å². The van der Waals surface area contributed by atoms with Gasteiger partial charge in [0, 0.05) is 81.3 Å². The first-order chi connectivity index (χ1) is 48.3. The third-order valence-corrected chi connectivity index (χ3v) is 18.9. The van der Waals surface area contributed by atoms with Gasteiger partial charge >= 0.3 is 18.3 Å². The molecule has 5 aromatic heterocycles. The number of alkyl halides is 2. The molecular weight excluding hydrogens is 1390 g/mol. The first-order valence-corrected chi connectivity index (χ1v) is 34.4. The van der Waals surface area contributed by atoms with Crippen LogP contribution in [0.3, 0.4) is 0 Å². The number of hydrogen-bond donors (Lipinski definition) is 2. The van der Waals surface area contributed by atoms with Gasteiger partial charge in [-0.05, 0) is 167 Å². The molecule has 25 heteroatoms. The lowest BCUT2D eigenvalue weighted by atomic mass is 9.67.